The van der Waals surface area contributed by atoms with Crippen LogP contribution in [-0.4, -0.2) is 23.0 Å². The topological polar surface area (TPSA) is 46.6 Å². The fourth-order valence-electron chi connectivity index (χ4n) is 5.54. The molecule has 3 aliphatic rings. The van der Waals surface area contributed by atoms with E-state index in [1.165, 1.54) is 5.56 Å². The van der Waals surface area contributed by atoms with E-state index in [1.807, 2.05) is 24.3 Å². The largest absolute Gasteiger partial charge is 0.489 e. The zero-order valence-corrected chi connectivity index (χ0v) is 19.5. The fraction of sp³-hybridized carbons (Fsp3) is 0.379. The summed E-state index contributed by atoms with van der Waals surface area (Å²) in [6.07, 6.45) is 4.75. The van der Waals surface area contributed by atoms with Gasteiger partial charge in [-0.25, -0.2) is 0 Å². The van der Waals surface area contributed by atoms with Crippen LogP contribution in [0.1, 0.15) is 68.1 Å². The second-order valence-electron chi connectivity index (χ2n) is 9.29. The lowest BCUT2D eigenvalue weighted by Crippen LogP contribution is -2.39. The predicted molar refractivity (Wildman–Crippen MR) is 129 cm³/mol. The molecule has 0 radical (unpaired) electrons. The van der Waals surface area contributed by atoms with Crippen LogP contribution < -0.4 is 4.74 Å². The Morgan fingerprint density at radius 3 is 1.94 bits per heavy atom. The number of hydrogen-bond donors (Lipinski definition) is 0. The molecule has 2 aliphatic carbocycles. The summed E-state index contributed by atoms with van der Waals surface area (Å²) < 4.78 is 6.00. The third-order valence-electron chi connectivity index (χ3n) is 7.14. The molecule has 0 spiro atoms. The summed E-state index contributed by atoms with van der Waals surface area (Å²) in [6.45, 7) is 5.50. The highest BCUT2D eigenvalue weighted by Crippen LogP contribution is 2.49. The Morgan fingerprint density at radius 1 is 0.818 bits per heavy atom. The zero-order valence-electron chi connectivity index (χ0n) is 19.5. The Labute approximate surface area is 195 Å². The minimum absolute atomic E-state index is 0.198. The molecule has 0 amide bonds. The lowest BCUT2D eigenvalue weighted by molar-refractivity contribution is -0.117. The van der Waals surface area contributed by atoms with Gasteiger partial charge in [0.05, 0.1) is 0 Å². The number of aryl methyl sites for hydroxylation is 1. The van der Waals surface area contributed by atoms with E-state index in [0.717, 1.165) is 71.6 Å². The Morgan fingerprint density at radius 2 is 1.39 bits per heavy atom. The fourth-order valence-corrected chi connectivity index (χ4v) is 5.54. The number of hydrogen-bond acceptors (Lipinski definition) is 4. The van der Waals surface area contributed by atoms with Crippen LogP contribution in [0, 0.1) is 6.92 Å². The quantitative estimate of drug-likeness (QED) is 0.570. The van der Waals surface area contributed by atoms with Crippen molar-refractivity contribution < 1.29 is 14.3 Å². The predicted octanol–water partition coefficient (Wildman–Crippen LogP) is 6.01. The van der Waals surface area contributed by atoms with E-state index in [4.69, 9.17) is 4.74 Å². The molecular weight excluding hydrogens is 410 g/mol. The molecule has 5 rings (SSSR count). The van der Waals surface area contributed by atoms with Crippen LogP contribution in [0.15, 0.2) is 71.1 Å². The van der Waals surface area contributed by atoms with E-state index in [2.05, 4.69) is 43.0 Å². The zero-order chi connectivity index (χ0) is 22.9. The lowest BCUT2D eigenvalue weighted by Gasteiger charge is -2.43. The average molecular weight is 442 g/mol. The number of carbonyl (C=O) groups is 2. The maximum atomic E-state index is 13.2. The van der Waals surface area contributed by atoms with Gasteiger partial charge in [-0.2, -0.15) is 0 Å². The van der Waals surface area contributed by atoms with Crippen molar-refractivity contribution >= 4 is 11.6 Å². The molecule has 0 atom stereocenters. The molecule has 0 saturated carbocycles. The van der Waals surface area contributed by atoms with E-state index in [1.54, 1.807) is 0 Å². The van der Waals surface area contributed by atoms with Gasteiger partial charge in [0.15, 0.2) is 11.6 Å². The second-order valence-corrected chi connectivity index (χ2v) is 9.29. The minimum Gasteiger partial charge on any atom is -0.489 e. The highest BCUT2D eigenvalue weighted by molar-refractivity contribution is 6.06. The van der Waals surface area contributed by atoms with Gasteiger partial charge in [-0.3, -0.25) is 9.59 Å². The summed E-state index contributed by atoms with van der Waals surface area (Å²) >= 11 is 0. The van der Waals surface area contributed by atoms with Gasteiger partial charge in [0.2, 0.25) is 0 Å². The van der Waals surface area contributed by atoms with Gasteiger partial charge in [0.25, 0.3) is 0 Å². The first-order chi connectivity index (χ1) is 16.1. The van der Waals surface area contributed by atoms with Gasteiger partial charge in [0, 0.05) is 47.8 Å². The van der Waals surface area contributed by atoms with Gasteiger partial charge < -0.3 is 9.64 Å². The molecule has 0 unspecified atom stereocenters. The maximum absolute atomic E-state index is 13.2. The molecule has 0 aromatic heterocycles. The number of rotatable bonds is 5. The smallest absolute Gasteiger partial charge is 0.161 e. The van der Waals surface area contributed by atoms with E-state index in [-0.39, 0.29) is 17.5 Å². The summed E-state index contributed by atoms with van der Waals surface area (Å²) in [7, 11) is 0. The first-order valence-electron chi connectivity index (χ1n) is 12.1. The molecule has 0 N–H and O–H groups in total. The Bertz CT molecular complexity index is 1090. The van der Waals surface area contributed by atoms with Gasteiger partial charge in [-0.05, 0) is 62.8 Å². The molecule has 0 saturated heterocycles. The van der Waals surface area contributed by atoms with E-state index in [9.17, 15) is 9.59 Å². The molecule has 2 aromatic carbocycles. The molecule has 1 aliphatic heterocycles. The molecule has 0 bridgehead atoms. The molecule has 4 nitrogen and oxygen atoms in total. The third-order valence-corrected chi connectivity index (χ3v) is 7.14. The van der Waals surface area contributed by atoms with Gasteiger partial charge in [0.1, 0.15) is 12.4 Å². The van der Waals surface area contributed by atoms with Crippen molar-refractivity contribution in [3.8, 4) is 5.75 Å². The average Bonchev–Trinajstić information content (AvgIpc) is 2.83. The Kier molecular flexibility index (Phi) is 5.92. The lowest BCUT2D eigenvalue weighted by atomic mass is 9.71. The standard InChI is InChI=1S/C29H31NO3/c1-3-30-23-6-4-8-25(31)28(23)27(29-24(30)7-5-9-26(29)32)21-14-16-22(17-15-21)33-18-20-12-10-19(2)11-13-20/h10-17,27H,3-9,18H2,1-2H3. The third kappa shape index (κ3) is 4.03. The minimum atomic E-state index is -0.246. The van der Waals surface area contributed by atoms with Crippen molar-refractivity contribution in [1.82, 2.24) is 4.90 Å². The normalized spacial score (nSPS) is 19.0. The second kappa shape index (κ2) is 9.01. The number of allylic oxidation sites excluding steroid dienone is 4. The van der Waals surface area contributed by atoms with Crippen molar-refractivity contribution in [1.29, 1.82) is 0 Å². The highest BCUT2D eigenvalue weighted by atomic mass is 16.5. The molecular formula is C29H31NO3. The first-order valence-corrected chi connectivity index (χ1v) is 12.1. The summed E-state index contributed by atoms with van der Waals surface area (Å²) in [4.78, 5) is 28.6. The number of Topliss-reactive ketones (excluding diaryl/α,β-unsaturated/α-hetero) is 2. The number of ketones is 2. The van der Waals surface area contributed by atoms with Crippen LogP contribution in [-0.2, 0) is 16.2 Å². The van der Waals surface area contributed by atoms with Crippen LogP contribution in [0.2, 0.25) is 0 Å². The van der Waals surface area contributed by atoms with Crippen molar-refractivity contribution in [2.24, 2.45) is 0 Å². The molecule has 170 valence electrons. The van der Waals surface area contributed by atoms with Crippen molar-refractivity contribution in [3.63, 3.8) is 0 Å². The number of nitrogens with zero attached hydrogens (tertiary/aromatic N) is 1. The summed E-state index contributed by atoms with van der Waals surface area (Å²) in [6, 6.07) is 16.3. The van der Waals surface area contributed by atoms with Crippen LogP contribution in [0.25, 0.3) is 0 Å². The summed E-state index contributed by atoms with van der Waals surface area (Å²) in [5.41, 5.74) is 7.37. The Hall–Kier alpha value is -3.14. The summed E-state index contributed by atoms with van der Waals surface area (Å²) in [5, 5.41) is 0. The van der Waals surface area contributed by atoms with Gasteiger partial charge >= 0.3 is 0 Å². The van der Waals surface area contributed by atoms with Gasteiger partial charge in [-0.1, -0.05) is 42.0 Å². The van der Waals surface area contributed by atoms with E-state index >= 15 is 0 Å². The van der Waals surface area contributed by atoms with Crippen LogP contribution in [0.5, 0.6) is 5.75 Å². The highest BCUT2D eigenvalue weighted by Gasteiger charge is 2.42. The number of ether oxygens (including phenoxy) is 1. The summed E-state index contributed by atoms with van der Waals surface area (Å²) in [5.74, 6) is 0.942. The molecule has 4 heteroatoms. The van der Waals surface area contributed by atoms with Crippen molar-refractivity contribution in [3.05, 3.63) is 87.8 Å². The van der Waals surface area contributed by atoms with Crippen LogP contribution in [0.3, 0.4) is 0 Å². The molecule has 0 fully saturated rings. The SMILES string of the molecule is CCN1C2=C(C(=O)CCC2)C(c2ccc(OCc3ccc(C)cc3)cc2)C2=C1CCCC2=O. The maximum Gasteiger partial charge on any atom is 0.161 e. The van der Waals surface area contributed by atoms with Gasteiger partial charge in [-0.15, -0.1) is 0 Å². The van der Waals surface area contributed by atoms with E-state index < -0.39 is 0 Å². The number of carbonyl (C=O) groups excluding carboxylic acids is 2. The van der Waals surface area contributed by atoms with Crippen molar-refractivity contribution in [2.75, 3.05) is 6.54 Å². The number of benzene rings is 2. The van der Waals surface area contributed by atoms with Crippen LogP contribution >= 0.6 is 0 Å². The molecule has 2 aromatic rings. The molecule has 1 heterocycles. The Balaban J connectivity index is 1.48. The van der Waals surface area contributed by atoms with E-state index in [0.29, 0.717) is 19.4 Å². The molecule has 33 heavy (non-hydrogen) atoms. The van der Waals surface area contributed by atoms with Crippen LogP contribution in [0.4, 0.5) is 0 Å². The first kappa shape index (κ1) is 21.7. The monoisotopic (exact) mass is 441 g/mol. The van der Waals surface area contributed by atoms with Crippen molar-refractivity contribution in [2.45, 2.75) is 64.9 Å².